The zero-order valence-corrected chi connectivity index (χ0v) is 15.8. The van der Waals surface area contributed by atoms with Gasteiger partial charge in [0.25, 0.3) is 0 Å². The maximum absolute atomic E-state index is 12.3. The van der Waals surface area contributed by atoms with Crippen LogP contribution in [0.1, 0.15) is 17.5 Å². The van der Waals surface area contributed by atoms with Crippen molar-refractivity contribution in [3.63, 3.8) is 0 Å². The molecule has 1 aliphatic heterocycles. The lowest BCUT2D eigenvalue weighted by Crippen LogP contribution is -2.33. The van der Waals surface area contributed by atoms with Gasteiger partial charge in [-0.2, -0.15) is 0 Å². The fourth-order valence-corrected chi connectivity index (χ4v) is 3.58. The van der Waals surface area contributed by atoms with E-state index >= 15 is 0 Å². The number of carbonyl (C=O) groups excluding carboxylic acids is 2. The Hall–Kier alpha value is -2.04. The van der Waals surface area contributed by atoms with Gasteiger partial charge < -0.3 is 10.2 Å². The molecule has 1 fully saturated rings. The second kappa shape index (κ2) is 8.56. The summed E-state index contributed by atoms with van der Waals surface area (Å²) in [7, 11) is 0. The van der Waals surface area contributed by atoms with Gasteiger partial charge in [0.2, 0.25) is 11.8 Å². The Morgan fingerprint density at radius 2 is 1.92 bits per heavy atom. The zero-order valence-electron chi connectivity index (χ0n) is 14.3. The third-order valence-electron chi connectivity index (χ3n) is 4.56. The van der Waals surface area contributed by atoms with Crippen LogP contribution >= 0.6 is 23.2 Å². The Balaban J connectivity index is 1.50. The summed E-state index contributed by atoms with van der Waals surface area (Å²) < 4.78 is 0. The van der Waals surface area contributed by atoms with Crippen molar-refractivity contribution >= 4 is 35.0 Å². The molecule has 136 valence electrons. The topological polar surface area (TPSA) is 49.4 Å². The average Bonchev–Trinajstić information content (AvgIpc) is 3.01. The molecule has 0 spiro atoms. The van der Waals surface area contributed by atoms with E-state index in [2.05, 4.69) is 5.32 Å². The predicted octanol–water partition coefficient (Wildman–Crippen LogP) is 3.70. The van der Waals surface area contributed by atoms with Crippen molar-refractivity contribution < 1.29 is 9.59 Å². The van der Waals surface area contributed by atoms with Gasteiger partial charge in [-0.1, -0.05) is 59.6 Å². The van der Waals surface area contributed by atoms with Gasteiger partial charge in [-0.25, -0.2) is 0 Å². The molecule has 2 amide bonds. The van der Waals surface area contributed by atoms with E-state index in [1.54, 1.807) is 17.0 Å². The minimum Gasteiger partial charge on any atom is -0.352 e. The fourth-order valence-electron chi connectivity index (χ4n) is 3.07. The number of benzene rings is 2. The molecule has 0 radical (unpaired) electrons. The van der Waals surface area contributed by atoms with Crippen LogP contribution in [0.2, 0.25) is 10.0 Å². The first kappa shape index (κ1) is 18.7. The predicted molar refractivity (Wildman–Crippen MR) is 103 cm³/mol. The van der Waals surface area contributed by atoms with E-state index in [4.69, 9.17) is 23.2 Å². The highest BCUT2D eigenvalue weighted by Gasteiger charge is 2.33. The number of halogens is 2. The maximum Gasteiger partial charge on any atom is 0.225 e. The van der Waals surface area contributed by atoms with Gasteiger partial charge in [0.05, 0.1) is 5.92 Å². The third kappa shape index (κ3) is 4.77. The number of carbonyl (C=O) groups is 2. The Bertz CT molecular complexity index is 796. The van der Waals surface area contributed by atoms with Gasteiger partial charge in [-0.15, -0.1) is 0 Å². The molecule has 0 aliphatic carbocycles. The van der Waals surface area contributed by atoms with Gasteiger partial charge in [0.15, 0.2) is 0 Å². The van der Waals surface area contributed by atoms with Gasteiger partial charge in [0.1, 0.15) is 0 Å². The van der Waals surface area contributed by atoms with Crippen molar-refractivity contribution in [3.8, 4) is 0 Å². The highest BCUT2D eigenvalue weighted by Crippen LogP contribution is 2.23. The molecule has 1 heterocycles. The largest absolute Gasteiger partial charge is 0.352 e. The summed E-state index contributed by atoms with van der Waals surface area (Å²) in [6.07, 6.45) is 0.898. The first-order valence-corrected chi connectivity index (χ1v) is 9.32. The highest BCUT2D eigenvalue weighted by atomic mass is 35.5. The Labute approximate surface area is 163 Å². The van der Waals surface area contributed by atoms with Crippen LogP contribution in [0.4, 0.5) is 0 Å². The van der Waals surface area contributed by atoms with Gasteiger partial charge in [-0.05, 0) is 29.7 Å². The van der Waals surface area contributed by atoms with E-state index in [0.717, 1.165) is 11.1 Å². The Morgan fingerprint density at radius 1 is 1.15 bits per heavy atom. The van der Waals surface area contributed by atoms with E-state index in [0.29, 0.717) is 36.1 Å². The number of hydrogen-bond acceptors (Lipinski definition) is 2. The highest BCUT2D eigenvalue weighted by molar-refractivity contribution is 6.35. The van der Waals surface area contributed by atoms with E-state index < -0.39 is 0 Å². The van der Waals surface area contributed by atoms with Crippen LogP contribution in [0.25, 0.3) is 0 Å². The third-order valence-corrected chi connectivity index (χ3v) is 5.15. The van der Waals surface area contributed by atoms with Crippen LogP contribution < -0.4 is 5.32 Å². The van der Waals surface area contributed by atoms with Crippen LogP contribution in [-0.2, 0) is 22.6 Å². The van der Waals surface area contributed by atoms with E-state index in [1.807, 2.05) is 36.4 Å². The summed E-state index contributed by atoms with van der Waals surface area (Å²) in [4.78, 5) is 26.3. The van der Waals surface area contributed by atoms with Gasteiger partial charge >= 0.3 is 0 Å². The van der Waals surface area contributed by atoms with Crippen molar-refractivity contribution in [3.05, 3.63) is 69.7 Å². The minimum absolute atomic E-state index is 0.00921. The summed E-state index contributed by atoms with van der Waals surface area (Å²) >= 11 is 12.1. The van der Waals surface area contributed by atoms with Gasteiger partial charge in [0, 0.05) is 36.1 Å². The van der Waals surface area contributed by atoms with E-state index in [1.165, 1.54) is 0 Å². The van der Waals surface area contributed by atoms with Crippen LogP contribution in [-0.4, -0.2) is 29.8 Å². The molecule has 4 nitrogen and oxygen atoms in total. The molecule has 0 saturated carbocycles. The van der Waals surface area contributed by atoms with Crippen LogP contribution in [0.5, 0.6) is 0 Å². The van der Waals surface area contributed by atoms with Crippen molar-refractivity contribution in [2.75, 3.05) is 13.1 Å². The van der Waals surface area contributed by atoms with Crippen LogP contribution in [0.3, 0.4) is 0 Å². The number of nitrogens with zero attached hydrogens (tertiary/aromatic N) is 1. The molecular weight excluding hydrogens is 371 g/mol. The number of hydrogen-bond donors (Lipinski definition) is 1. The lowest BCUT2D eigenvalue weighted by atomic mass is 10.1. The van der Waals surface area contributed by atoms with Crippen molar-refractivity contribution in [1.29, 1.82) is 0 Å². The molecule has 2 aromatic carbocycles. The number of amides is 2. The summed E-state index contributed by atoms with van der Waals surface area (Å²) in [6, 6.07) is 15.1. The second-order valence-electron chi connectivity index (χ2n) is 6.43. The fraction of sp³-hybridized carbons (Fsp3) is 0.300. The Morgan fingerprint density at radius 3 is 2.65 bits per heavy atom. The molecule has 2 aromatic rings. The Kier molecular flexibility index (Phi) is 6.17. The second-order valence-corrected chi connectivity index (χ2v) is 7.27. The monoisotopic (exact) mass is 390 g/mol. The molecule has 0 bridgehead atoms. The summed E-state index contributed by atoms with van der Waals surface area (Å²) in [5.74, 6) is -0.365. The molecule has 1 aliphatic rings. The van der Waals surface area contributed by atoms with Gasteiger partial charge in [-0.3, -0.25) is 9.59 Å². The standard InChI is InChI=1S/C20H20Cl2N2O2/c21-17-7-6-15(18(22)11-17)8-9-24-13-16(10-19(24)25)20(26)23-12-14-4-2-1-3-5-14/h1-7,11,16H,8-10,12-13H2,(H,23,26). The molecule has 3 rings (SSSR count). The zero-order chi connectivity index (χ0) is 18.5. The number of rotatable bonds is 6. The smallest absolute Gasteiger partial charge is 0.225 e. The average molecular weight is 391 g/mol. The number of nitrogens with one attached hydrogen (secondary N) is 1. The lowest BCUT2D eigenvalue weighted by molar-refractivity contribution is -0.129. The van der Waals surface area contributed by atoms with Crippen molar-refractivity contribution in [2.45, 2.75) is 19.4 Å². The quantitative estimate of drug-likeness (QED) is 0.817. The minimum atomic E-state index is -0.299. The SMILES string of the molecule is O=C(NCc1ccccc1)C1CC(=O)N(CCc2ccc(Cl)cc2Cl)C1. The first-order chi connectivity index (χ1) is 12.5. The van der Waals surface area contributed by atoms with Crippen molar-refractivity contribution in [2.24, 2.45) is 5.92 Å². The van der Waals surface area contributed by atoms with E-state index in [-0.39, 0.29) is 24.2 Å². The summed E-state index contributed by atoms with van der Waals surface area (Å²) in [6.45, 7) is 1.47. The summed E-state index contributed by atoms with van der Waals surface area (Å²) in [5, 5.41) is 4.10. The lowest BCUT2D eigenvalue weighted by Gasteiger charge is -2.17. The van der Waals surface area contributed by atoms with E-state index in [9.17, 15) is 9.59 Å². The molecule has 26 heavy (non-hydrogen) atoms. The van der Waals surface area contributed by atoms with Crippen LogP contribution in [0.15, 0.2) is 48.5 Å². The van der Waals surface area contributed by atoms with Crippen LogP contribution in [0, 0.1) is 5.92 Å². The number of likely N-dealkylation sites (tertiary alicyclic amines) is 1. The first-order valence-electron chi connectivity index (χ1n) is 8.56. The molecule has 1 saturated heterocycles. The van der Waals surface area contributed by atoms with Crippen molar-refractivity contribution in [1.82, 2.24) is 10.2 Å². The molecule has 1 unspecified atom stereocenters. The molecule has 1 atom stereocenters. The molecule has 0 aromatic heterocycles. The molecular formula is C20H20Cl2N2O2. The summed E-state index contributed by atoms with van der Waals surface area (Å²) in [5.41, 5.74) is 1.99. The molecule has 1 N–H and O–H groups in total. The molecule has 6 heteroatoms. The normalized spacial score (nSPS) is 16.8. The maximum atomic E-state index is 12.3.